The molecule has 1 heterocycles. The van der Waals surface area contributed by atoms with Gasteiger partial charge in [-0.3, -0.25) is 4.79 Å². The molecule has 3 aromatic rings. The summed E-state index contributed by atoms with van der Waals surface area (Å²) in [7, 11) is 1.57. The highest BCUT2D eigenvalue weighted by Crippen LogP contribution is 2.37. The van der Waals surface area contributed by atoms with Crippen molar-refractivity contribution in [3.63, 3.8) is 0 Å². The van der Waals surface area contributed by atoms with Crippen LogP contribution in [0.5, 0.6) is 0 Å². The maximum Gasteiger partial charge on any atom is 0.397 e. The van der Waals surface area contributed by atoms with Crippen LogP contribution in [-0.2, 0) is 9.59 Å². The number of likely N-dealkylation sites (N-methyl/N-ethyl adjacent to an activating group) is 1. The van der Waals surface area contributed by atoms with Gasteiger partial charge in [0.1, 0.15) is 17.8 Å². The molecule has 0 aliphatic heterocycles. The molecule has 1 aliphatic carbocycles. The standard InChI is InChI=1S/C25H26FN5O2/c1-4-23(32)31(3,19-13-14-22(17(2)15-19)30-16-27-29-30)24(20-11-7-8-12-21(20)26)25(33)28-18-9-5-6-10-18/h1,7-8,11-16,18,24,29H,5-6,9-10H2,2-3H3/p+1. The Morgan fingerprint density at radius 2 is 1.97 bits per heavy atom. The third kappa shape index (κ3) is 4.08. The summed E-state index contributed by atoms with van der Waals surface area (Å²) < 4.78 is 16.2. The molecule has 1 fully saturated rings. The molecule has 0 spiro atoms. The zero-order chi connectivity index (χ0) is 23.6. The Hall–Kier alpha value is -3.70. The highest BCUT2D eigenvalue weighted by molar-refractivity contribution is 6.05. The Balaban J connectivity index is 1.85. The second-order valence-corrected chi connectivity index (χ2v) is 8.62. The van der Waals surface area contributed by atoms with Crippen LogP contribution >= 0.6 is 0 Å². The van der Waals surface area contributed by atoms with E-state index >= 15 is 4.39 Å². The van der Waals surface area contributed by atoms with Gasteiger partial charge < -0.3 is 5.32 Å². The minimum absolute atomic E-state index is 0.00190. The van der Waals surface area contributed by atoms with E-state index in [1.54, 1.807) is 42.3 Å². The number of quaternary nitrogens is 1. The number of aromatic nitrogens is 3. The maximum atomic E-state index is 15.0. The smallest absolute Gasteiger partial charge is 0.348 e. The summed E-state index contributed by atoms with van der Waals surface area (Å²) in [6.45, 7) is 1.88. The van der Waals surface area contributed by atoms with Gasteiger partial charge >= 0.3 is 5.91 Å². The van der Waals surface area contributed by atoms with Crippen LogP contribution in [0.25, 0.3) is 5.69 Å². The van der Waals surface area contributed by atoms with Gasteiger partial charge in [-0.1, -0.05) is 25.0 Å². The number of nitrogens with zero attached hydrogens (tertiary/aromatic N) is 3. The quantitative estimate of drug-likeness (QED) is 0.447. The first-order valence-corrected chi connectivity index (χ1v) is 11.0. The molecular formula is C25H27FN5O2+. The summed E-state index contributed by atoms with van der Waals surface area (Å²) in [4.78, 5) is 26.9. The van der Waals surface area contributed by atoms with Gasteiger partial charge in [-0.25, -0.2) is 23.6 Å². The Kier molecular flexibility index (Phi) is 6.16. The van der Waals surface area contributed by atoms with E-state index in [0.29, 0.717) is 5.69 Å². The van der Waals surface area contributed by atoms with Crippen LogP contribution in [0.2, 0.25) is 0 Å². The van der Waals surface area contributed by atoms with Crippen LogP contribution in [-0.4, -0.2) is 39.9 Å². The van der Waals surface area contributed by atoms with Gasteiger partial charge in [-0.2, -0.15) is 0 Å². The number of benzene rings is 2. The Morgan fingerprint density at radius 1 is 1.27 bits per heavy atom. The number of hydrogen-bond acceptors (Lipinski definition) is 3. The highest BCUT2D eigenvalue weighted by Gasteiger charge is 2.49. The second-order valence-electron chi connectivity index (χ2n) is 8.62. The van der Waals surface area contributed by atoms with Crippen LogP contribution in [0, 0.1) is 25.1 Å². The van der Waals surface area contributed by atoms with Gasteiger partial charge in [0.2, 0.25) is 6.04 Å². The summed E-state index contributed by atoms with van der Waals surface area (Å²) in [6, 6.07) is 10.2. The van der Waals surface area contributed by atoms with Crippen molar-refractivity contribution >= 4 is 17.5 Å². The van der Waals surface area contributed by atoms with Crippen LogP contribution in [0.4, 0.5) is 10.1 Å². The van der Waals surface area contributed by atoms with Crippen LogP contribution in [0.15, 0.2) is 48.8 Å². The first kappa shape index (κ1) is 22.5. The molecule has 2 unspecified atom stereocenters. The largest absolute Gasteiger partial charge is 0.397 e. The van der Waals surface area contributed by atoms with E-state index in [2.05, 4.69) is 21.5 Å². The van der Waals surface area contributed by atoms with E-state index < -0.39 is 28.2 Å². The number of terminal acetylenes is 1. The van der Waals surface area contributed by atoms with Crippen LogP contribution in [0.3, 0.4) is 0 Å². The van der Waals surface area contributed by atoms with Crippen molar-refractivity contribution in [3.05, 3.63) is 65.7 Å². The van der Waals surface area contributed by atoms with Gasteiger partial charge in [0.05, 0.1) is 18.3 Å². The monoisotopic (exact) mass is 448 g/mol. The number of amides is 2. The Labute approximate surface area is 192 Å². The lowest BCUT2D eigenvalue weighted by molar-refractivity contribution is -0.135. The van der Waals surface area contributed by atoms with Crippen molar-refractivity contribution < 1.29 is 14.0 Å². The number of halogens is 1. The van der Waals surface area contributed by atoms with Crippen molar-refractivity contribution in [1.29, 1.82) is 0 Å². The third-order valence-corrected chi connectivity index (χ3v) is 6.53. The van der Waals surface area contributed by atoms with Crippen molar-refractivity contribution in [2.75, 3.05) is 7.05 Å². The van der Waals surface area contributed by atoms with E-state index in [1.807, 2.05) is 13.0 Å². The molecule has 2 N–H and O–H groups in total. The summed E-state index contributed by atoms with van der Waals surface area (Å²) >= 11 is 0. The molecule has 0 bridgehead atoms. The van der Waals surface area contributed by atoms with E-state index in [9.17, 15) is 9.59 Å². The zero-order valence-electron chi connectivity index (χ0n) is 18.7. The molecule has 0 radical (unpaired) electrons. The number of nitrogens with one attached hydrogen (secondary N) is 2. The van der Waals surface area contributed by atoms with Gasteiger partial charge in [0.25, 0.3) is 5.91 Å². The molecule has 170 valence electrons. The lowest BCUT2D eigenvalue weighted by Crippen LogP contribution is -2.58. The summed E-state index contributed by atoms with van der Waals surface area (Å²) in [5, 5.41) is 9.69. The molecule has 2 aromatic carbocycles. The first-order valence-electron chi connectivity index (χ1n) is 11.0. The normalized spacial score (nSPS) is 16.7. The molecule has 33 heavy (non-hydrogen) atoms. The van der Waals surface area contributed by atoms with Gasteiger partial charge in [0.15, 0.2) is 0 Å². The second kappa shape index (κ2) is 9.04. The molecule has 0 saturated heterocycles. The molecule has 8 heteroatoms. The number of aromatic amines is 1. The summed E-state index contributed by atoms with van der Waals surface area (Å²) in [5.41, 5.74) is 2.29. The lowest BCUT2D eigenvalue weighted by Gasteiger charge is -2.37. The van der Waals surface area contributed by atoms with Crippen molar-refractivity contribution in [3.8, 4) is 18.0 Å². The first-order chi connectivity index (χ1) is 15.9. The number of H-pyrrole nitrogens is 1. The average molecular weight is 449 g/mol. The number of rotatable bonds is 6. The highest BCUT2D eigenvalue weighted by atomic mass is 19.1. The van der Waals surface area contributed by atoms with Gasteiger partial charge in [-0.15, -0.1) is 11.5 Å². The zero-order valence-corrected chi connectivity index (χ0v) is 18.7. The van der Waals surface area contributed by atoms with E-state index in [0.717, 1.165) is 36.9 Å². The molecule has 1 aliphatic rings. The van der Waals surface area contributed by atoms with Crippen LogP contribution < -0.4 is 9.80 Å². The third-order valence-electron chi connectivity index (χ3n) is 6.53. The Morgan fingerprint density at radius 3 is 2.55 bits per heavy atom. The molecule has 2 atom stereocenters. The van der Waals surface area contributed by atoms with Gasteiger partial charge in [0, 0.05) is 24.1 Å². The minimum atomic E-state index is -1.19. The molecule has 1 aromatic heterocycles. The van der Waals surface area contributed by atoms with Crippen molar-refractivity contribution in [2.45, 2.75) is 44.7 Å². The number of hydrogen-bond donors (Lipinski definition) is 2. The number of carbonyl (C=O) groups is 2. The number of carbonyl (C=O) groups excluding carboxylic acids is 2. The molecule has 2 amide bonds. The molecule has 1 saturated carbocycles. The SMILES string of the molecule is C#CC(=O)[N+](C)(c1ccc(-n2cn[nH]2)c(C)c1)C(C(=O)NC1CCCC1)c1ccccc1F. The van der Waals surface area contributed by atoms with Crippen molar-refractivity contribution in [1.82, 2.24) is 24.8 Å². The minimum Gasteiger partial charge on any atom is -0.348 e. The van der Waals surface area contributed by atoms with Crippen molar-refractivity contribution in [2.24, 2.45) is 0 Å². The summed E-state index contributed by atoms with van der Waals surface area (Å²) in [5.74, 6) is 0.568. The molecular weight excluding hydrogens is 421 g/mol. The maximum absolute atomic E-state index is 15.0. The topological polar surface area (TPSA) is 79.8 Å². The predicted octanol–water partition coefficient (Wildman–Crippen LogP) is 3.54. The van der Waals surface area contributed by atoms with Gasteiger partial charge in [-0.05, 0) is 43.5 Å². The Bertz CT molecular complexity index is 1210. The van der Waals surface area contributed by atoms with E-state index in [4.69, 9.17) is 6.42 Å². The van der Waals surface area contributed by atoms with E-state index in [-0.39, 0.29) is 11.6 Å². The molecule has 4 rings (SSSR count). The van der Waals surface area contributed by atoms with E-state index in [1.165, 1.54) is 12.1 Å². The van der Waals surface area contributed by atoms with Crippen LogP contribution in [0.1, 0.15) is 42.9 Å². The average Bonchev–Trinajstić information content (AvgIpc) is 3.27. The molecule has 7 nitrogen and oxygen atoms in total. The fourth-order valence-electron chi connectivity index (χ4n) is 4.65. The predicted molar refractivity (Wildman–Crippen MR) is 124 cm³/mol. The number of aryl methyl sites for hydroxylation is 1. The fraction of sp³-hybridized carbons (Fsp3) is 0.320. The lowest BCUT2D eigenvalue weighted by atomic mass is 9.98. The summed E-state index contributed by atoms with van der Waals surface area (Å²) in [6.07, 6.45) is 11.0. The fourth-order valence-corrected chi connectivity index (χ4v) is 4.65.